The predicted molar refractivity (Wildman–Crippen MR) is 85.0 cm³/mol. The van der Waals surface area contributed by atoms with Crippen LogP contribution in [0, 0.1) is 5.92 Å². The molecule has 2 heterocycles. The van der Waals surface area contributed by atoms with Gasteiger partial charge >= 0.3 is 0 Å². The Morgan fingerprint density at radius 2 is 2.17 bits per heavy atom. The van der Waals surface area contributed by atoms with Crippen LogP contribution in [0.15, 0.2) is 28.8 Å². The van der Waals surface area contributed by atoms with E-state index in [2.05, 4.69) is 15.5 Å². The lowest BCUT2D eigenvalue weighted by Gasteiger charge is -2.08. The van der Waals surface area contributed by atoms with Crippen molar-refractivity contribution in [1.82, 2.24) is 15.5 Å². The minimum Gasteiger partial charge on any atom is -0.381 e. The van der Waals surface area contributed by atoms with E-state index in [1.165, 1.54) is 0 Å². The highest BCUT2D eigenvalue weighted by molar-refractivity contribution is 6.30. The molecule has 0 radical (unpaired) electrons. The number of nitrogens with one attached hydrogen (secondary N) is 1. The molecule has 1 aliphatic heterocycles. The smallest absolute Gasteiger partial charge is 0.227 e. The van der Waals surface area contributed by atoms with E-state index in [-0.39, 0.29) is 5.91 Å². The van der Waals surface area contributed by atoms with Crippen LogP contribution in [0.3, 0.4) is 0 Å². The van der Waals surface area contributed by atoms with Gasteiger partial charge in [-0.25, -0.2) is 0 Å². The summed E-state index contributed by atoms with van der Waals surface area (Å²) in [6.45, 7) is 2.18. The molecule has 6 nitrogen and oxygen atoms in total. The van der Waals surface area contributed by atoms with Crippen LogP contribution in [-0.4, -0.2) is 35.8 Å². The molecule has 1 amide bonds. The molecule has 3 rings (SSSR count). The molecule has 1 atom stereocenters. The minimum atomic E-state index is -0.0110. The van der Waals surface area contributed by atoms with E-state index in [9.17, 15) is 4.79 Å². The Morgan fingerprint density at radius 3 is 2.91 bits per heavy atom. The summed E-state index contributed by atoms with van der Waals surface area (Å²) >= 11 is 5.85. The Kier molecular flexibility index (Phi) is 5.25. The third-order valence-corrected chi connectivity index (χ3v) is 4.00. The Morgan fingerprint density at radius 1 is 1.35 bits per heavy atom. The van der Waals surface area contributed by atoms with Crippen molar-refractivity contribution in [2.24, 2.45) is 5.92 Å². The molecule has 1 aliphatic rings. The summed E-state index contributed by atoms with van der Waals surface area (Å²) in [4.78, 5) is 16.1. The molecule has 1 aromatic carbocycles. The van der Waals surface area contributed by atoms with Crippen molar-refractivity contribution in [2.45, 2.75) is 19.3 Å². The third-order valence-electron chi connectivity index (χ3n) is 3.75. The van der Waals surface area contributed by atoms with Gasteiger partial charge in [0.15, 0.2) is 0 Å². The van der Waals surface area contributed by atoms with E-state index in [0.717, 1.165) is 25.2 Å². The van der Waals surface area contributed by atoms with E-state index in [1.807, 2.05) is 12.1 Å². The average molecular weight is 336 g/mol. The van der Waals surface area contributed by atoms with Crippen LogP contribution in [0.2, 0.25) is 5.02 Å². The highest BCUT2D eigenvalue weighted by Crippen LogP contribution is 2.19. The van der Waals surface area contributed by atoms with Crippen LogP contribution in [-0.2, 0) is 16.0 Å². The van der Waals surface area contributed by atoms with Crippen LogP contribution in [0.1, 0.15) is 18.7 Å². The summed E-state index contributed by atoms with van der Waals surface area (Å²) in [7, 11) is 0. The highest BCUT2D eigenvalue weighted by atomic mass is 35.5. The number of carbonyl (C=O) groups is 1. The van der Waals surface area contributed by atoms with Gasteiger partial charge in [-0.1, -0.05) is 16.8 Å². The molecule has 1 saturated heterocycles. The van der Waals surface area contributed by atoms with E-state index in [0.29, 0.717) is 42.0 Å². The fourth-order valence-corrected chi connectivity index (χ4v) is 2.51. The Labute approximate surface area is 139 Å². The zero-order valence-corrected chi connectivity index (χ0v) is 13.4. The third kappa shape index (κ3) is 4.53. The number of amides is 1. The monoisotopic (exact) mass is 335 g/mol. The number of halogens is 1. The number of carbonyl (C=O) groups excluding carboxylic acids is 1. The topological polar surface area (TPSA) is 77.2 Å². The fraction of sp³-hybridized carbons (Fsp3) is 0.438. The molecule has 7 heteroatoms. The first-order chi connectivity index (χ1) is 11.2. The first-order valence-corrected chi connectivity index (χ1v) is 8.01. The Balaban J connectivity index is 1.47. The number of hydrogen-bond donors (Lipinski definition) is 1. The summed E-state index contributed by atoms with van der Waals surface area (Å²) in [5.74, 6) is 1.37. The number of hydrogen-bond acceptors (Lipinski definition) is 5. The number of nitrogens with zero attached hydrogens (tertiary/aromatic N) is 2. The predicted octanol–water partition coefficient (Wildman–Crippen LogP) is 2.48. The van der Waals surface area contributed by atoms with Crippen molar-refractivity contribution in [2.75, 3.05) is 19.8 Å². The Bertz CT molecular complexity index is 651. The molecule has 23 heavy (non-hydrogen) atoms. The van der Waals surface area contributed by atoms with E-state index < -0.39 is 0 Å². The fourth-order valence-electron chi connectivity index (χ4n) is 2.38. The van der Waals surface area contributed by atoms with Crippen LogP contribution in [0.5, 0.6) is 0 Å². The van der Waals surface area contributed by atoms with Gasteiger partial charge in [0.25, 0.3) is 0 Å². The Hall–Kier alpha value is -1.92. The molecule has 0 unspecified atom stereocenters. The molecule has 2 aromatic rings. The molecule has 1 aromatic heterocycles. The summed E-state index contributed by atoms with van der Waals surface area (Å²) in [6, 6.07) is 7.20. The van der Waals surface area contributed by atoms with Crippen molar-refractivity contribution in [1.29, 1.82) is 0 Å². The standard InChI is InChI=1S/C16H18ClN3O3/c17-13-3-1-12(2-4-13)16-19-15(23-20-16)6-5-14(21)18-9-11-7-8-22-10-11/h1-4,11H,5-10H2,(H,18,21)/t11-/m0/s1. The second-order valence-electron chi connectivity index (χ2n) is 5.55. The van der Waals surface area contributed by atoms with Crippen LogP contribution in [0.25, 0.3) is 11.4 Å². The quantitative estimate of drug-likeness (QED) is 0.877. The van der Waals surface area contributed by atoms with Gasteiger partial charge in [0.05, 0.1) is 6.61 Å². The van der Waals surface area contributed by atoms with Crippen molar-refractivity contribution < 1.29 is 14.1 Å². The maximum Gasteiger partial charge on any atom is 0.227 e. The maximum atomic E-state index is 11.8. The van der Waals surface area contributed by atoms with Crippen LogP contribution < -0.4 is 5.32 Å². The molecule has 1 N–H and O–H groups in total. The number of aryl methyl sites for hydroxylation is 1. The summed E-state index contributed by atoms with van der Waals surface area (Å²) in [5.41, 5.74) is 0.829. The van der Waals surface area contributed by atoms with Gasteiger partial charge in [-0.2, -0.15) is 4.98 Å². The molecule has 0 aliphatic carbocycles. The van der Waals surface area contributed by atoms with Crippen molar-refractivity contribution in [3.8, 4) is 11.4 Å². The number of ether oxygens (including phenoxy) is 1. The lowest BCUT2D eigenvalue weighted by Crippen LogP contribution is -2.29. The molecular formula is C16H18ClN3O3. The van der Waals surface area contributed by atoms with Gasteiger partial charge in [0.1, 0.15) is 0 Å². The molecule has 0 spiro atoms. The minimum absolute atomic E-state index is 0.0110. The summed E-state index contributed by atoms with van der Waals surface area (Å²) in [5, 5.41) is 7.50. The number of rotatable bonds is 6. The second kappa shape index (κ2) is 7.57. The van der Waals surface area contributed by atoms with E-state index in [1.54, 1.807) is 12.1 Å². The largest absolute Gasteiger partial charge is 0.381 e. The molecule has 1 fully saturated rings. The number of benzene rings is 1. The SMILES string of the molecule is O=C(CCc1nc(-c2ccc(Cl)cc2)no1)NC[C@@H]1CCOC1. The van der Waals surface area contributed by atoms with Crippen molar-refractivity contribution in [3.05, 3.63) is 35.2 Å². The van der Waals surface area contributed by atoms with Gasteiger partial charge in [-0.05, 0) is 30.7 Å². The lowest BCUT2D eigenvalue weighted by atomic mass is 10.1. The van der Waals surface area contributed by atoms with Crippen molar-refractivity contribution in [3.63, 3.8) is 0 Å². The summed E-state index contributed by atoms with van der Waals surface area (Å²) < 4.78 is 10.5. The first kappa shape index (κ1) is 16.0. The van der Waals surface area contributed by atoms with Gasteiger partial charge in [0.2, 0.25) is 17.6 Å². The normalized spacial score (nSPS) is 17.3. The van der Waals surface area contributed by atoms with Gasteiger partial charge in [-0.3, -0.25) is 4.79 Å². The zero-order valence-electron chi connectivity index (χ0n) is 12.6. The lowest BCUT2D eigenvalue weighted by molar-refractivity contribution is -0.121. The maximum absolute atomic E-state index is 11.8. The molecular weight excluding hydrogens is 318 g/mol. The first-order valence-electron chi connectivity index (χ1n) is 7.63. The van der Waals surface area contributed by atoms with Gasteiger partial charge < -0.3 is 14.6 Å². The van der Waals surface area contributed by atoms with E-state index in [4.69, 9.17) is 20.9 Å². The highest BCUT2D eigenvalue weighted by Gasteiger charge is 2.16. The van der Waals surface area contributed by atoms with Crippen LogP contribution in [0.4, 0.5) is 0 Å². The van der Waals surface area contributed by atoms with Gasteiger partial charge in [-0.15, -0.1) is 0 Å². The van der Waals surface area contributed by atoms with E-state index >= 15 is 0 Å². The number of aromatic nitrogens is 2. The molecule has 0 bridgehead atoms. The average Bonchev–Trinajstić information content (AvgIpc) is 3.23. The van der Waals surface area contributed by atoms with Crippen LogP contribution >= 0.6 is 11.6 Å². The molecule has 0 saturated carbocycles. The second-order valence-corrected chi connectivity index (χ2v) is 5.99. The zero-order chi connectivity index (χ0) is 16.1. The van der Waals surface area contributed by atoms with Crippen molar-refractivity contribution >= 4 is 17.5 Å². The molecule has 122 valence electrons. The summed E-state index contributed by atoms with van der Waals surface area (Å²) in [6.07, 6.45) is 1.76. The van der Waals surface area contributed by atoms with Gasteiger partial charge in [0, 0.05) is 42.5 Å².